The Kier molecular flexibility index (Phi) is 4.76. The molecule has 18 heteroatoms. The summed E-state index contributed by atoms with van der Waals surface area (Å²) in [4.78, 5) is 0. The number of aliphatic hydroxyl groups is 2. The van der Waals surface area contributed by atoms with Crippen LogP contribution >= 0.6 is 0 Å². The number of aliphatic hydroxyl groups excluding tert-OH is 2. The third kappa shape index (κ3) is 2.61. The molecule has 0 aromatic carbocycles. The number of ether oxygens (including phenoxy) is 4. The Morgan fingerprint density at radius 3 is 0.929 bits per heavy atom. The zero-order chi connectivity index (χ0) is 22.2. The van der Waals surface area contributed by atoms with Crippen LogP contribution in [0, 0.1) is 0 Å². The van der Waals surface area contributed by atoms with Gasteiger partial charge < -0.3 is 10.2 Å². The lowest BCUT2D eigenvalue weighted by Gasteiger charge is -2.36. The summed E-state index contributed by atoms with van der Waals surface area (Å²) < 4.78 is 172. The van der Waals surface area contributed by atoms with Crippen LogP contribution < -0.4 is 0 Å². The Morgan fingerprint density at radius 1 is 0.536 bits per heavy atom. The maximum Gasteiger partial charge on any atom is 0.446 e. The fourth-order valence-electron chi connectivity index (χ4n) is 2.21. The van der Waals surface area contributed by atoms with Crippen molar-refractivity contribution in [3.63, 3.8) is 0 Å². The van der Waals surface area contributed by atoms with Gasteiger partial charge in [0.25, 0.3) is 11.6 Å². The van der Waals surface area contributed by atoms with E-state index in [0.717, 1.165) is 0 Å². The molecule has 28 heavy (non-hydrogen) atoms. The van der Waals surface area contributed by atoms with Crippen molar-refractivity contribution in [3.05, 3.63) is 0 Å². The van der Waals surface area contributed by atoms with E-state index in [9.17, 15) is 52.7 Å². The van der Waals surface area contributed by atoms with Crippen molar-refractivity contribution in [3.8, 4) is 0 Å². The van der Waals surface area contributed by atoms with Crippen LogP contribution in [-0.2, 0) is 18.9 Å². The van der Waals surface area contributed by atoms with E-state index in [0.29, 0.717) is 0 Å². The first-order chi connectivity index (χ1) is 12.2. The molecule has 0 amide bonds. The highest BCUT2D eigenvalue weighted by atomic mass is 19.4. The molecule has 2 fully saturated rings. The molecular weight excluding hydrogens is 444 g/mol. The highest BCUT2D eigenvalue weighted by Gasteiger charge is 2.95. The fourth-order valence-corrected chi connectivity index (χ4v) is 2.21. The number of alkyl halides is 12. The van der Waals surface area contributed by atoms with Crippen molar-refractivity contribution >= 4 is 0 Å². The minimum absolute atomic E-state index is 2.76. The third-order valence-electron chi connectivity index (χ3n) is 3.64. The molecule has 2 heterocycles. The van der Waals surface area contributed by atoms with Crippen LogP contribution in [0.25, 0.3) is 0 Å². The monoisotopic (exact) mass is 450 g/mol. The third-order valence-corrected chi connectivity index (χ3v) is 3.64. The van der Waals surface area contributed by atoms with E-state index in [1.54, 1.807) is 0 Å². The average Bonchev–Trinajstić information content (AvgIpc) is 2.86. The van der Waals surface area contributed by atoms with Gasteiger partial charge in [-0.25, -0.2) is 0 Å². The molecule has 2 aliphatic heterocycles. The van der Waals surface area contributed by atoms with Crippen LogP contribution in [0.5, 0.6) is 0 Å². The summed E-state index contributed by atoms with van der Waals surface area (Å²) in [6, 6.07) is 0. The molecule has 4 unspecified atom stereocenters. The second-order valence-electron chi connectivity index (χ2n) is 5.45. The first kappa shape index (κ1) is 23.2. The van der Waals surface area contributed by atoms with Gasteiger partial charge in [-0.1, -0.05) is 0 Å². The predicted molar refractivity (Wildman–Crippen MR) is 53.7 cm³/mol. The average molecular weight is 450 g/mol. The van der Waals surface area contributed by atoms with E-state index in [-0.39, 0.29) is 0 Å². The fraction of sp³-hybridized carbons (Fsp3) is 1.00. The number of halogens is 12. The first-order valence-corrected chi connectivity index (χ1v) is 6.49. The van der Waals surface area contributed by atoms with Gasteiger partial charge in [0.15, 0.2) is 0 Å². The van der Waals surface area contributed by atoms with Crippen molar-refractivity contribution in [1.29, 1.82) is 0 Å². The summed E-state index contributed by atoms with van der Waals surface area (Å²) in [5.74, 6) is -23.3. The van der Waals surface area contributed by atoms with Gasteiger partial charge in [0.1, 0.15) is 13.2 Å². The van der Waals surface area contributed by atoms with Gasteiger partial charge in [-0.2, -0.15) is 52.7 Å². The van der Waals surface area contributed by atoms with Gasteiger partial charge in [0.05, 0.1) is 0 Å². The Morgan fingerprint density at radius 2 is 0.786 bits per heavy atom. The molecule has 0 spiro atoms. The zero-order valence-electron chi connectivity index (χ0n) is 12.5. The smallest absolute Gasteiger partial charge is 0.390 e. The van der Waals surface area contributed by atoms with Crippen LogP contribution in [0.2, 0.25) is 0 Å². The summed E-state index contributed by atoms with van der Waals surface area (Å²) in [6.07, 6.45) is -25.5. The molecule has 0 bridgehead atoms. The molecule has 166 valence electrons. The van der Waals surface area contributed by atoms with Crippen molar-refractivity contribution < 1.29 is 81.8 Å². The topological polar surface area (TPSA) is 77.4 Å². The van der Waals surface area contributed by atoms with Gasteiger partial charge >= 0.3 is 36.3 Å². The van der Waals surface area contributed by atoms with Gasteiger partial charge in [0.2, 0.25) is 0 Å². The molecule has 0 aromatic heterocycles. The number of hydrogen-bond acceptors (Lipinski definition) is 6. The van der Waals surface area contributed by atoms with Gasteiger partial charge in [-0.3, -0.25) is 18.9 Å². The molecule has 4 atom stereocenters. The highest BCUT2D eigenvalue weighted by Crippen LogP contribution is 2.66. The van der Waals surface area contributed by atoms with E-state index >= 15 is 0 Å². The second kappa shape index (κ2) is 5.75. The summed E-state index contributed by atoms with van der Waals surface area (Å²) in [7, 11) is 0. The van der Waals surface area contributed by atoms with E-state index < -0.39 is 61.1 Å². The van der Waals surface area contributed by atoms with E-state index in [4.69, 9.17) is 10.2 Å². The number of rotatable bonds is 3. The summed E-state index contributed by atoms with van der Waals surface area (Å²) >= 11 is 0. The van der Waals surface area contributed by atoms with Gasteiger partial charge in [0, 0.05) is 0 Å². The number of hydrogen-bond donors (Lipinski definition) is 2. The summed E-state index contributed by atoms with van der Waals surface area (Å²) in [5.41, 5.74) is 0. The quantitative estimate of drug-likeness (QED) is 0.642. The van der Waals surface area contributed by atoms with Crippen LogP contribution in [-0.4, -0.2) is 71.3 Å². The Hall–Kier alpha value is -1.08. The second-order valence-corrected chi connectivity index (χ2v) is 5.45. The Labute approximate surface area is 144 Å². The highest BCUT2D eigenvalue weighted by molar-refractivity contribution is 5.10. The molecule has 2 saturated heterocycles. The molecule has 0 saturated carbocycles. The van der Waals surface area contributed by atoms with Crippen molar-refractivity contribution in [2.45, 2.75) is 47.9 Å². The molecule has 0 aliphatic carbocycles. The first-order valence-electron chi connectivity index (χ1n) is 6.49. The van der Waals surface area contributed by atoms with Gasteiger partial charge in [-0.05, 0) is 0 Å². The summed E-state index contributed by atoms with van der Waals surface area (Å²) in [5, 5.41) is 17.2. The van der Waals surface area contributed by atoms with Gasteiger partial charge in [-0.15, -0.1) is 0 Å². The maximum atomic E-state index is 14.5. The molecule has 0 aromatic rings. The lowest BCUT2D eigenvalue weighted by molar-refractivity contribution is -0.438. The molecule has 2 N–H and O–H groups in total. The Bertz CT molecular complexity index is 583. The van der Waals surface area contributed by atoms with Crippen LogP contribution in [0.3, 0.4) is 0 Å². The lowest BCUT2D eigenvalue weighted by Crippen LogP contribution is -2.65. The van der Waals surface area contributed by atoms with Crippen LogP contribution in [0.1, 0.15) is 0 Å². The normalized spacial score (nSPS) is 43.5. The lowest BCUT2D eigenvalue weighted by atomic mass is 10.1. The molecule has 6 nitrogen and oxygen atoms in total. The van der Waals surface area contributed by atoms with Crippen molar-refractivity contribution in [2.75, 3.05) is 13.2 Å². The zero-order valence-corrected chi connectivity index (χ0v) is 12.5. The molecule has 0 radical (unpaired) electrons. The molecular formula is C10H6F12O6. The van der Waals surface area contributed by atoms with E-state index in [1.807, 2.05) is 0 Å². The SMILES string of the molecule is OCC1(C(F)(F)F)OC(F)(F)C(F)(C2(F)OC(CO)(C(F)(F)F)OC2(F)F)O1. The molecule has 2 aliphatic rings. The molecule has 2 rings (SSSR count). The van der Waals surface area contributed by atoms with Crippen molar-refractivity contribution in [1.82, 2.24) is 0 Å². The van der Waals surface area contributed by atoms with E-state index in [2.05, 4.69) is 18.9 Å². The summed E-state index contributed by atoms with van der Waals surface area (Å²) in [6.45, 7) is -5.52. The van der Waals surface area contributed by atoms with Crippen molar-refractivity contribution in [2.24, 2.45) is 0 Å². The Balaban J connectivity index is 2.67. The predicted octanol–water partition coefficient (Wildman–Crippen LogP) is 2.10. The largest absolute Gasteiger partial charge is 0.446 e. The minimum Gasteiger partial charge on any atom is -0.390 e. The van der Waals surface area contributed by atoms with E-state index in [1.165, 1.54) is 0 Å². The van der Waals surface area contributed by atoms with Crippen LogP contribution in [0.15, 0.2) is 0 Å². The standard InChI is InChI=1S/C10H6F12O6/c11-5(9(19,20)27-3(1-23,25-5)7(13,14)15)6(12)10(21,22)28-4(2-24,26-6)8(16,17)18/h23-24H,1-2H2. The minimum atomic E-state index is -6.45. The maximum absolute atomic E-state index is 14.5. The van der Waals surface area contributed by atoms with Crippen LogP contribution in [0.4, 0.5) is 52.7 Å².